The van der Waals surface area contributed by atoms with Gasteiger partial charge in [-0.3, -0.25) is 4.90 Å². The van der Waals surface area contributed by atoms with Gasteiger partial charge in [0.15, 0.2) is 0 Å². The SMILES string of the molecule is CNC(CCN(CCOC)C(C)C)c1ccccc1Br. The second kappa shape index (κ2) is 9.50. The third-order valence-corrected chi connectivity index (χ3v) is 4.37. The summed E-state index contributed by atoms with van der Waals surface area (Å²) in [6, 6.07) is 9.34. The zero-order chi connectivity index (χ0) is 15.0. The summed E-state index contributed by atoms with van der Waals surface area (Å²) in [6.45, 7) is 7.32. The summed E-state index contributed by atoms with van der Waals surface area (Å²) in [5.41, 5.74) is 1.32. The number of methoxy groups -OCH3 is 1. The number of ether oxygens (including phenoxy) is 1. The zero-order valence-corrected chi connectivity index (χ0v) is 14.6. The predicted molar refractivity (Wildman–Crippen MR) is 89.1 cm³/mol. The topological polar surface area (TPSA) is 24.5 Å². The first kappa shape index (κ1) is 17.6. The minimum atomic E-state index is 0.370. The third-order valence-electron chi connectivity index (χ3n) is 3.65. The molecule has 0 amide bonds. The van der Waals surface area contributed by atoms with Crippen molar-refractivity contribution in [2.45, 2.75) is 32.4 Å². The molecule has 1 aromatic carbocycles. The molecule has 0 saturated heterocycles. The van der Waals surface area contributed by atoms with Crippen LogP contribution >= 0.6 is 15.9 Å². The summed E-state index contributed by atoms with van der Waals surface area (Å²) in [4.78, 5) is 2.46. The van der Waals surface area contributed by atoms with E-state index in [1.807, 2.05) is 7.05 Å². The average Bonchev–Trinajstić information content (AvgIpc) is 2.43. The van der Waals surface area contributed by atoms with Crippen molar-refractivity contribution in [1.29, 1.82) is 0 Å². The van der Waals surface area contributed by atoms with E-state index in [0.717, 1.165) is 26.1 Å². The second-order valence-electron chi connectivity index (χ2n) is 5.27. The highest BCUT2D eigenvalue weighted by Crippen LogP contribution is 2.25. The van der Waals surface area contributed by atoms with E-state index in [1.54, 1.807) is 7.11 Å². The molecule has 1 aromatic rings. The zero-order valence-electron chi connectivity index (χ0n) is 13.0. The molecule has 0 aliphatic rings. The van der Waals surface area contributed by atoms with Crippen LogP contribution in [0.2, 0.25) is 0 Å². The Morgan fingerprint density at radius 3 is 2.50 bits per heavy atom. The molecule has 0 aromatic heterocycles. The van der Waals surface area contributed by atoms with Crippen molar-refractivity contribution < 1.29 is 4.74 Å². The number of nitrogens with one attached hydrogen (secondary N) is 1. The largest absolute Gasteiger partial charge is 0.383 e. The summed E-state index contributed by atoms with van der Waals surface area (Å²) in [7, 11) is 3.79. The lowest BCUT2D eigenvalue weighted by Crippen LogP contribution is -2.36. The lowest BCUT2D eigenvalue weighted by atomic mass is 10.0. The molecule has 0 radical (unpaired) electrons. The van der Waals surface area contributed by atoms with Crippen LogP contribution in [0, 0.1) is 0 Å². The Bertz CT molecular complexity index is 384. The maximum absolute atomic E-state index is 5.19. The van der Waals surface area contributed by atoms with Crippen molar-refractivity contribution in [1.82, 2.24) is 10.2 Å². The van der Waals surface area contributed by atoms with E-state index in [0.29, 0.717) is 12.1 Å². The predicted octanol–water partition coefficient (Wildman–Crippen LogP) is 3.46. The molecule has 1 unspecified atom stereocenters. The molecule has 1 N–H and O–H groups in total. The highest BCUT2D eigenvalue weighted by atomic mass is 79.9. The minimum absolute atomic E-state index is 0.370. The van der Waals surface area contributed by atoms with Gasteiger partial charge in [0.2, 0.25) is 0 Å². The van der Waals surface area contributed by atoms with Gasteiger partial charge in [0.25, 0.3) is 0 Å². The Morgan fingerprint density at radius 2 is 1.95 bits per heavy atom. The Morgan fingerprint density at radius 1 is 1.25 bits per heavy atom. The van der Waals surface area contributed by atoms with Crippen LogP contribution in [0.15, 0.2) is 28.7 Å². The summed E-state index contributed by atoms with van der Waals surface area (Å²) >= 11 is 3.64. The van der Waals surface area contributed by atoms with Crippen molar-refractivity contribution in [3.05, 3.63) is 34.3 Å². The lowest BCUT2D eigenvalue weighted by Gasteiger charge is -2.28. The van der Waals surface area contributed by atoms with Gasteiger partial charge in [-0.2, -0.15) is 0 Å². The Kier molecular flexibility index (Phi) is 8.38. The van der Waals surface area contributed by atoms with Crippen LogP contribution in [0.3, 0.4) is 0 Å². The number of nitrogens with zero attached hydrogens (tertiary/aromatic N) is 1. The van der Waals surface area contributed by atoms with Gasteiger partial charge in [-0.05, 0) is 38.9 Å². The molecule has 3 nitrogen and oxygen atoms in total. The highest BCUT2D eigenvalue weighted by molar-refractivity contribution is 9.10. The maximum atomic E-state index is 5.19. The number of hydrogen-bond acceptors (Lipinski definition) is 3. The van der Waals surface area contributed by atoms with Gasteiger partial charge in [0, 0.05) is 36.8 Å². The Balaban J connectivity index is 2.62. The van der Waals surface area contributed by atoms with Gasteiger partial charge in [-0.1, -0.05) is 34.1 Å². The molecular weight excluding hydrogens is 316 g/mol. The molecule has 0 bridgehead atoms. The Hall–Kier alpha value is -0.420. The second-order valence-corrected chi connectivity index (χ2v) is 6.13. The van der Waals surface area contributed by atoms with E-state index in [2.05, 4.69) is 64.3 Å². The summed E-state index contributed by atoms with van der Waals surface area (Å²) in [5, 5.41) is 3.42. The fourth-order valence-electron chi connectivity index (χ4n) is 2.34. The first-order chi connectivity index (χ1) is 9.60. The van der Waals surface area contributed by atoms with Gasteiger partial charge in [0.05, 0.1) is 6.61 Å². The highest BCUT2D eigenvalue weighted by Gasteiger charge is 2.15. The molecule has 4 heteroatoms. The van der Waals surface area contributed by atoms with Crippen molar-refractivity contribution in [3.63, 3.8) is 0 Å². The molecule has 0 spiro atoms. The standard InChI is InChI=1S/C16H27BrN2O/c1-13(2)19(11-12-20-4)10-9-16(18-3)14-7-5-6-8-15(14)17/h5-8,13,16,18H,9-12H2,1-4H3. The van der Waals surface area contributed by atoms with Crippen molar-refractivity contribution >= 4 is 15.9 Å². The molecule has 20 heavy (non-hydrogen) atoms. The van der Waals surface area contributed by atoms with E-state index in [9.17, 15) is 0 Å². The molecule has 0 heterocycles. The van der Waals surface area contributed by atoms with E-state index < -0.39 is 0 Å². The molecule has 0 fully saturated rings. The molecule has 0 aliphatic carbocycles. The first-order valence-corrected chi connectivity index (χ1v) is 8.04. The van der Waals surface area contributed by atoms with Crippen LogP contribution in [0.5, 0.6) is 0 Å². The fourth-order valence-corrected chi connectivity index (χ4v) is 2.91. The molecule has 0 aliphatic heterocycles. The van der Waals surface area contributed by atoms with Crippen molar-refractivity contribution in [3.8, 4) is 0 Å². The molecule has 1 atom stereocenters. The van der Waals surface area contributed by atoms with E-state index in [4.69, 9.17) is 4.74 Å². The molecule has 0 saturated carbocycles. The van der Waals surface area contributed by atoms with E-state index >= 15 is 0 Å². The summed E-state index contributed by atoms with van der Waals surface area (Å²) in [5.74, 6) is 0. The van der Waals surface area contributed by atoms with Gasteiger partial charge < -0.3 is 10.1 Å². The van der Waals surface area contributed by atoms with Gasteiger partial charge in [-0.25, -0.2) is 0 Å². The van der Waals surface area contributed by atoms with Gasteiger partial charge >= 0.3 is 0 Å². The van der Waals surface area contributed by atoms with Crippen LogP contribution in [0.4, 0.5) is 0 Å². The maximum Gasteiger partial charge on any atom is 0.0589 e. The smallest absolute Gasteiger partial charge is 0.0589 e. The number of halogens is 1. The third kappa shape index (κ3) is 5.52. The van der Waals surface area contributed by atoms with Gasteiger partial charge in [0.1, 0.15) is 0 Å². The summed E-state index contributed by atoms with van der Waals surface area (Å²) < 4.78 is 6.37. The first-order valence-electron chi connectivity index (χ1n) is 7.24. The number of hydrogen-bond donors (Lipinski definition) is 1. The minimum Gasteiger partial charge on any atom is -0.383 e. The molecular formula is C16H27BrN2O. The monoisotopic (exact) mass is 342 g/mol. The fraction of sp³-hybridized carbons (Fsp3) is 0.625. The van der Waals surface area contributed by atoms with Gasteiger partial charge in [-0.15, -0.1) is 0 Å². The number of rotatable bonds is 9. The van der Waals surface area contributed by atoms with Crippen molar-refractivity contribution in [2.24, 2.45) is 0 Å². The quantitative estimate of drug-likeness (QED) is 0.743. The Labute approximate surface area is 131 Å². The van der Waals surface area contributed by atoms with E-state index in [1.165, 1.54) is 10.0 Å². The lowest BCUT2D eigenvalue weighted by molar-refractivity contribution is 0.126. The molecule has 1 rings (SSSR count). The average molecular weight is 343 g/mol. The van der Waals surface area contributed by atoms with Crippen LogP contribution in [-0.4, -0.2) is 44.8 Å². The normalized spacial score (nSPS) is 13.2. The van der Waals surface area contributed by atoms with Crippen LogP contribution in [-0.2, 0) is 4.74 Å². The number of benzene rings is 1. The van der Waals surface area contributed by atoms with Crippen molar-refractivity contribution in [2.75, 3.05) is 33.9 Å². The summed E-state index contributed by atoms with van der Waals surface area (Å²) in [6.07, 6.45) is 1.08. The van der Waals surface area contributed by atoms with E-state index in [-0.39, 0.29) is 0 Å². The van der Waals surface area contributed by atoms with Crippen LogP contribution < -0.4 is 5.32 Å². The van der Waals surface area contributed by atoms with Crippen LogP contribution in [0.25, 0.3) is 0 Å². The molecule has 114 valence electrons. The van der Waals surface area contributed by atoms with Crippen LogP contribution in [0.1, 0.15) is 31.9 Å².